The van der Waals surface area contributed by atoms with Crippen LogP contribution in [0.1, 0.15) is 52.7 Å². The van der Waals surface area contributed by atoms with Crippen molar-refractivity contribution in [3.63, 3.8) is 0 Å². The molecule has 6 nitrogen and oxygen atoms in total. The molecule has 7 heteroatoms. The van der Waals surface area contributed by atoms with Gasteiger partial charge in [-0.05, 0) is 50.9 Å². The van der Waals surface area contributed by atoms with E-state index in [-0.39, 0.29) is 5.91 Å². The van der Waals surface area contributed by atoms with E-state index in [1.807, 2.05) is 9.58 Å². The number of nitrogens with one attached hydrogen (secondary N) is 1. The molecule has 1 aliphatic rings. The van der Waals surface area contributed by atoms with Crippen LogP contribution in [-0.4, -0.2) is 51.8 Å². The van der Waals surface area contributed by atoms with Crippen molar-refractivity contribution in [2.24, 2.45) is 0 Å². The second-order valence-electron chi connectivity index (χ2n) is 9.41. The quantitative estimate of drug-likeness (QED) is 0.435. The van der Waals surface area contributed by atoms with Crippen LogP contribution in [0.4, 0.5) is 0 Å². The molecule has 1 amide bonds. The Morgan fingerprint density at radius 3 is 2.68 bits per heavy atom. The summed E-state index contributed by atoms with van der Waals surface area (Å²) in [6.07, 6.45) is 0.952. The maximum Gasteiger partial charge on any atom is 0.275 e. The van der Waals surface area contributed by atoms with Gasteiger partial charge in [-0.25, -0.2) is 9.67 Å². The molecule has 0 spiro atoms. The summed E-state index contributed by atoms with van der Waals surface area (Å²) in [6, 6.07) is 14.7. The molecule has 0 bridgehead atoms. The van der Waals surface area contributed by atoms with Gasteiger partial charge in [-0.3, -0.25) is 4.79 Å². The minimum atomic E-state index is -0.00223. The highest BCUT2D eigenvalue weighted by Gasteiger charge is 2.26. The molecule has 0 unspecified atom stereocenters. The van der Waals surface area contributed by atoms with Crippen molar-refractivity contribution in [3.05, 3.63) is 64.2 Å². The Balaban J connectivity index is 1.65. The molecule has 2 aromatic heterocycles. The molecule has 34 heavy (non-hydrogen) atoms. The Morgan fingerprint density at radius 1 is 1.06 bits per heavy atom. The van der Waals surface area contributed by atoms with Crippen LogP contribution >= 0.6 is 11.3 Å². The number of benzene rings is 2. The van der Waals surface area contributed by atoms with Crippen LogP contribution in [0.5, 0.6) is 0 Å². The van der Waals surface area contributed by atoms with Crippen molar-refractivity contribution in [2.75, 3.05) is 26.2 Å². The summed E-state index contributed by atoms with van der Waals surface area (Å²) in [6.45, 7) is 11.8. The van der Waals surface area contributed by atoms with E-state index in [2.05, 4.69) is 75.5 Å². The number of fused-ring (bicyclic) bond motifs is 1. The van der Waals surface area contributed by atoms with E-state index in [9.17, 15) is 4.79 Å². The van der Waals surface area contributed by atoms with E-state index in [4.69, 9.17) is 10.1 Å². The highest BCUT2D eigenvalue weighted by Crippen LogP contribution is 2.37. The number of hydrogen-bond donors (Lipinski definition) is 1. The molecule has 5 rings (SSSR count). The van der Waals surface area contributed by atoms with Gasteiger partial charge >= 0.3 is 0 Å². The number of hydrogen-bond acceptors (Lipinski definition) is 5. The molecule has 1 aliphatic heterocycles. The molecule has 3 heterocycles. The predicted octanol–water partition coefficient (Wildman–Crippen LogP) is 5.32. The van der Waals surface area contributed by atoms with E-state index in [1.165, 1.54) is 10.4 Å². The third kappa shape index (κ3) is 4.26. The lowest BCUT2D eigenvalue weighted by Gasteiger charge is -2.18. The highest BCUT2D eigenvalue weighted by molar-refractivity contribution is 7.14. The predicted molar refractivity (Wildman–Crippen MR) is 139 cm³/mol. The minimum Gasteiger partial charge on any atom is -0.336 e. The summed E-state index contributed by atoms with van der Waals surface area (Å²) < 4.78 is 1.87. The molecule has 1 fully saturated rings. The number of nitrogens with zero attached hydrogens (tertiary/aromatic N) is 4. The van der Waals surface area contributed by atoms with Gasteiger partial charge in [0.05, 0.1) is 11.2 Å². The van der Waals surface area contributed by atoms with Gasteiger partial charge < -0.3 is 10.2 Å². The monoisotopic (exact) mass is 473 g/mol. The van der Waals surface area contributed by atoms with Gasteiger partial charge in [-0.15, -0.1) is 0 Å². The van der Waals surface area contributed by atoms with Gasteiger partial charge in [0.15, 0.2) is 5.69 Å². The largest absolute Gasteiger partial charge is 0.336 e. The fraction of sp³-hybridized carbons (Fsp3) is 0.370. The molecule has 4 aromatic rings. The lowest BCUT2D eigenvalue weighted by atomic mass is 10.0. The Kier molecular flexibility index (Phi) is 6.23. The zero-order valence-corrected chi connectivity index (χ0v) is 21.1. The van der Waals surface area contributed by atoms with Crippen LogP contribution in [0.25, 0.3) is 27.3 Å². The van der Waals surface area contributed by atoms with Crippen molar-refractivity contribution >= 4 is 28.1 Å². The second-order valence-corrected chi connectivity index (χ2v) is 10.4. The molecule has 1 N–H and O–H groups in total. The van der Waals surface area contributed by atoms with E-state index < -0.39 is 0 Å². The molecule has 176 valence electrons. The van der Waals surface area contributed by atoms with Gasteiger partial charge in [0.2, 0.25) is 5.13 Å². The SMILES string of the molecule is Cc1cccc(-c2nc(-n3nc(C(=O)N4CCCNCC4)c4cc(C)ccc43)sc2C(C)C)c1. The number of carbonyl (C=O) groups excluding carboxylic acids is 1. The standard InChI is InChI=1S/C27H31N5OS/c1-17(2)25-23(20-8-5-7-18(3)15-20)29-27(34-25)32-22-10-9-19(4)16-21(22)24(30-32)26(33)31-13-6-11-28-12-14-31/h5,7-10,15-17,28H,6,11-14H2,1-4H3. The number of aryl methyl sites for hydroxylation is 2. The van der Waals surface area contributed by atoms with Crippen LogP contribution in [0.2, 0.25) is 0 Å². The number of amides is 1. The highest BCUT2D eigenvalue weighted by atomic mass is 32.1. The first kappa shape index (κ1) is 22.7. The van der Waals surface area contributed by atoms with Gasteiger partial charge in [0.1, 0.15) is 0 Å². The zero-order valence-electron chi connectivity index (χ0n) is 20.3. The molecule has 0 atom stereocenters. The van der Waals surface area contributed by atoms with Crippen molar-refractivity contribution in [2.45, 2.75) is 40.0 Å². The number of carbonyl (C=O) groups is 1. The lowest BCUT2D eigenvalue weighted by Crippen LogP contribution is -2.34. The third-order valence-electron chi connectivity index (χ3n) is 6.30. The summed E-state index contributed by atoms with van der Waals surface area (Å²) in [5.41, 5.74) is 5.87. The molecule has 0 aliphatic carbocycles. The second kappa shape index (κ2) is 9.31. The molecular weight excluding hydrogens is 442 g/mol. The van der Waals surface area contributed by atoms with E-state index in [0.29, 0.717) is 18.2 Å². The van der Waals surface area contributed by atoms with Crippen molar-refractivity contribution in [1.29, 1.82) is 0 Å². The maximum absolute atomic E-state index is 13.6. The first-order valence-electron chi connectivity index (χ1n) is 12.0. The van der Waals surface area contributed by atoms with Crippen LogP contribution in [0.15, 0.2) is 42.5 Å². The van der Waals surface area contributed by atoms with E-state index >= 15 is 0 Å². The summed E-state index contributed by atoms with van der Waals surface area (Å²) in [4.78, 5) is 21.8. The fourth-order valence-corrected chi connectivity index (χ4v) is 5.59. The first-order valence-corrected chi connectivity index (χ1v) is 12.8. The van der Waals surface area contributed by atoms with Crippen LogP contribution in [-0.2, 0) is 0 Å². The normalized spacial score (nSPS) is 14.7. The molecule has 2 aromatic carbocycles. The minimum absolute atomic E-state index is 0.00223. The van der Waals surface area contributed by atoms with Crippen LogP contribution in [0, 0.1) is 13.8 Å². The Labute approximate surface area is 204 Å². The van der Waals surface area contributed by atoms with Gasteiger partial charge in [-0.1, -0.05) is 60.6 Å². The van der Waals surface area contributed by atoms with Gasteiger partial charge in [0, 0.05) is 35.5 Å². The summed E-state index contributed by atoms with van der Waals surface area (Å²) >= 11 is 1.66. The Morgan fingerprint density at radius 2 is 1.88 bits per heavy atom. The Bertz CT molecular complexity index is 1340. The third-order valence-corrected chi connectivity index (χ3v) is 7.64. The van der Waals surface area contributed by atoms with E-state index in [1.54, 1.807) is 11.3 Å². The van der Waals surface area contributed by atoms with Gasteiger partial charge in [-0.2, -0.15) is 5.10 Å². The topological polar surface area (TPSA) is 63.1 Å². The molecule has 1 saturated heterocycles. The van der Waals surface area contributed by atoms with Crippen LogP contribution in [0.3, 0.4) is 0 Å². The molecular formula is C27H31N5OS. The zero-order chi connectivity index (χ0) is 23.8. The lowest BCUT2D eigenvalue weighted by molar-refractivity contribution is 0.0762. The number of aromatic nitrogens is 3. The first-order chi connectivity index (χ1) is 16.4. The average Bonchev–Trinajstić information content (AvgIpc) is 3.30. The van der Waals surface area contributed by atoms with Crippen molar-refractivity contribution in [3.8, 4) is 16.4 Å². The smallest absolute Gasteiger partial charge is 0.275 e. The average molecular weight is 474 g/mol. The van der Waals surface area contributed by atoms with Crippen LogP contribution < -0.4 is 5.32 Å². The fourth-order valence-electron chi connectivity index (χ4n) is 4.54. The van der Waals surface area contributed by atoms with Crippen molar-refractivity contribution in [1.82, 2.24) is 25.0 Å². The summed E-state index contributed by atoms with van der Waals surface area (Å²) in [5.74, 6) is 0.328. The van der Waals surface area contributed by atoms with E-state index in [0.717, 1.165) is 58.9 Å². The Hall–Kier alpha value is -3.03. The van der Waals surface area contributed by atoms with Gasteiger partial charge in [0.25, 0.3) is 5.91 Å². The number of rotatable bonds is 4. The number of thiazole rings is 1. The molecule has 0 radical (unpaired) electrons. The summed E-state index contributed by atoms with van der Waals surface area (Å²) in [7, 11) is 0. The molecule has 0 saturated carbocycles. The maximum atomic E-state index is 13.6. The summed E-state index contributed by atoms with van der Waals surface area (Å²) in [5, 5.41) is 9.94. The van der Waals surface area contributed by atoms with Crippen molar-refractivity contribution < 1.29 is 4.79 Å².